The minimum atomic E-state index is -4.53. The lowest BCUT2D eigenvalue weighted by Crippen LogP contribution is -2.27. The number of unbranched alkanes of at least 4 members (excludes halogenated alkanes) is 1. The number of rotatable bonds is 8. The summed E-state index contributed by atoms with van der Waals surface area (Å²) in [7, 11) is 2.06. The van der Waals surface area contributed by atoms with Gasteiger partial charge in [0.2, 0.25) is 0 Å². The Morgan fingerprint density at radius 2 is 1.79 bits per heavy atom. The van der Waals surface area contributed by atoms with Gasteiger partial charge in [-0.05, 0) is 83.5 Å². The van der Waals surface area contributed by atoms with Gasteiger partial charge in [-0.1, -0.05) is 0 Å². The van der Waals surface area contributed by atoms with Crippen LogP contribution in [0, 0.1) is 6.92 Å². The molecule has 8 heteroatoms. The third kappa shape index (κ3) is 6.14. The van der Waals surface area contributed by atoms with Crippen molar-refractivity contribution in [2.75, 3.05) is 13.6 Å². The van der Waals surface area contributed by atoms with E-state index in [0.717, 1.165) is 25.5 Å². The van der Waals surface area contributed by atoms with Crippen molar-refractivity contribution in [3.05, 3.63) is 41.1 Å². The Balaban J connectivity index is 2.06. The standard InChI is InChI=1S/C21H28F3N3O2/c1-13(2)27(4)10-6-5-7-18(28)17-11-14(3)20(26-25-17)16-9-8-15(12-19(16)29)21(22,23)24/h8-9,11-13,18,28-29H,5-7,10H2,1-4H3. The molecule has 1 atom stereocenters. The second-order valence-electron chi connectivity index (χ2n) is 7.62. The number of aromatic nitrogens is 2. The Morgan fingerprint density at radius 3 is 2.34 bits per heavy atom. The van der Waals surface area contributed by atoms with Crippen LogP contribution >= 0.6 is 0 Å². The molecule has 0 aliphatic carbocycles. The van der Waals surface area contributed by atoms with Crippen LogP contribution in [-0.4, -0.2) is 44.9 Å². The normalized spacial score (nSPS) is 13.3. The summed E-state index contributed by atoms with van der Waals surface area (Å²) in [5.41, 5.74) is 0.546. The van der Waals surface area contributed by atoms with Gasteiger partial charge in [0.15, 0.2) is 0 Å². The Bertz CT molecular complexity index is 825. The maximum absolute atomic E-state index is 12.8. The molecular weight excluding hydrogens is 383 g/mol. The fraction of sp³-hybridized carbons (Fsp3) is 0.524. The number of phenolic OH excluding ortho intramolecular Hbond substituents is 1. The summed E-state index contributed by atoms with van der Waals surface area (Å²) in [4.78, 5) is 2.24. The Hall–Kier alpha value is -2.19. The zero-order valence-electron chi connectivity index (χ0n) is 17.2. The lowest BCUT2D eigenvalue weighted by atomic mass is 10.0. The quantitative estimate of drug-likeness (QED) is 0.615. The first-order chi connectivity index (χ1) is 13.5. The predicted molar refractivity (Wildman–Crippen MR) is 105 cm³/mol. The maximum Gasteiger partial charge on any atom is 0.416 e. The van der Waals surface area contributed by atoms with E-state index in [1.54, 1.807) is 13.0 Å². The number of benzene rings is 1. The number of hydrogen-bond acceptors (Lipinski definition) is 5. The third-order valence-electron chi connectivity index (χ3n) is 5.04. The first-order valence-corrected chi connectivity index (χ1v) is 9.63. The zero-order chi connectivity index (χ0) is 21.8. The molecule has 1 heterocycles. The topological polar surface area (TPSA) is 69.5 Å². The Labute approximate surface area is 169 Å². The van der Waals surface area contributed by atoms with Crippen molar-refractivity contribution in [1.29, 1.82) is 0 Å². The van der Waals surface area contributed by atoms with Gasteiger partial charge in [0.25, 0.3) is 0 Å². The minimum absolute atomic E-state index is 0.167. The number of aliphatic hydroxyl groups excluding tert-OH is 1. The van der Waals surface area contributed by atoms with Crippen LogP contribution in [0.25, 0.3) is 11.3 Å². The molecule has 1 aromatic heterocycles. The van der Waals surface area contributed by atoms with Gasteiger partial charge in [0, 0.05) is 11.6 Å². The summed E-state index contributed by atoms with van der Waals surface area (Å²) in [6.07, 6.45) is -2.96. The van der Waals surface area contributed by atoms with Gasteiger partial charge in [-0.25, -0.2) is 0 Å². The number of aromatic hydroxyl groups is 1. The molecule has 0 bridgehead atoms. The van der Waals surface area contributed by atoms with E-state index in [9.17, 15) is 23.4 Å². The van der Waals surface area contributed by atoms with E-state index in [1.807, 2.05) is 0 Å². The number of halogens is 3. The monoisotopic (exact) mass is 411 g/mol. The fourth-order valence-electron chi connectivity index (χ4n) is 2.95. The highest BCUT2D eigenvalue weighted by atomic mass is 19.4. The van der Waals surface area contributed by atoms with Crippen molar-refractivity contribution < 1.29 is 23.4 Å². The van der Waals surface area contributed by atoms with Gasteiger partial charge < -0.3 is 15.1 Å². The van der Waals surface area contributed by atoms with Crippen LogP contribution in [0.5, 0.6) is 5.75 Å². The lowest BCUT2D eigenvalue weighted by molar-refractivity contribution is -0.137. The number of hydrogen-bond donors (Lipinski definition) is 2. The lowest BCUT2D eigenvalue weighted by Gasteiger charge is -2.21. The number of aliphatic hydroxyl groups is 1. The summed E-state index contributed by atoms with van der Waals surface area (Å²) in [6.45, 7) is 6.92. The zero-order valence-corrected chi connectivity index (χ0v) is 17.2. The van der Waals surface area contributed by atoms with Gasteiger partial charge in [-0.3, -0.25) is 0 Å². The predicted octanol–water partition coefficient (Wildman–Crippen LogP) is 4.72. The van der Waals surface area contributed by atoms with Crippen molar-refractivity contribution in [1.82, 2.24) is 15.1 Å². The molecule has 0 aliphatic rings. The SMILES string of the molecule is Cc1cc(C(O)CCCCN(C)C(C)C)nnc1-c1ccc(C(F)(F)F)cc1O. The molecule has 2 N–H and O–H groups in total. The largest absolute Gasteiger partial charge is 0.507 e. The molecule has 2 aromatic rings. The molecule has 0 aliphatic heterocycles. The van der Waals surface area contributed by atoms with Crippen molar-refractivity contribution in [3.63, 3.8) is 0 Å². The molecule has 0 spiro atoms. The Morgan fingerprint density at radius 1 is 1.10 bits per heavy atom. The molecule has 0 saturated heterocycles. The Kier molecular flexibility index (Phi) is 7.60. The van der Waals surface area contributed by atoms with Gasteiger partial charge in [-0.2, -0.15) is 18.3 Å². The highest BCUT2D eigenvalue weighted by molar-refractivity contribution is 5.69. The molecule has 0 radical (unpaired) electrons. The highest BCUT2D eigenvalue weighted by Gasteiger charge is 2.31. The average molecular weight is 411 g/mol. The second kappa shape index (κ2) is 9.54. The van der Waals surface area contributed by atoms with Gasteiger partial charge in [0.05, 0.1) is 23.1 Å². The van der Waals surface area contributed by atoms with Crippen LogP contribution in [-0.2, 0) is 6.18 Å². The van der Waals surface area contributed by atoms with Crippen molar-refractivity contribution in [3.8, 4) is 17.0 Å². The summed E-state index contributed by atoms with van der Waals surface area (Å²) in [6, 6.07) is 4.88. The molecular formula is C21H28F3N3O2. The van der Waals surface area contributed by atoms with E-state index in [2.05, 4.69) is 36.0 Å². The van der Waals surface area contributed by atoms with E-state index in [-0.39, 0.29) is 11.3 Å². The van der Waals surface area contributed by atoms with Crippen molar-refractivity contribution in [2.24, 2.45) is 0 Å². The smallest absolute Gasteiger partial charge is 0.416 e. The molecule has 0 fully saturated rings. The second-order valence-corrected chi connectivity index (χ2v) is 7.62. The molecule has 29 heavy (non-hydrogen) atoms. The highest BCUT2D eigenvalue weighted by Crippen LogP contribution is 2.36. The first kappa shape index (κ1) is 23.1. The summed E-state index contributed by atoms with van der Waals surface area (Å²) < 4.78 is 38.3. The molecule has 160 valence electrons. The third-order valence-corrected chi connectivity index (χ3v) is 5.04. The first-order valence-electron chi connectivity index (χ1n) is 9.63. The summed E-state index contributed by atoms with van der Waals surface area (Å²) in [5.74, 6) is -0.514. The molecule has 0 saturated carbocycles. The van der Waals surface area contributed by atoms with Crippen LogP contribution in [0.2, 0.25) is 0 Å². The van der Waals surface area contributed by atoms with E-state index in [4.69, 9.17) is 0 Å². The van der Waals surface area contributed by atoms with Crippen molar-refractivity contribution >= 4 is 0 Å². The van der Waals surface area contributed by atoms with Crippen LogP contribution in [0.15, 0.2) is 24.3 Å². The number of nitrogens with zero attached hydrogens (tertiary/aromatic N) is 3. The van der Waals surface area contributed by atoms with Gasteiger partial charge >= 0.3 is 6.18 Å². The van der Waals surface area contributed by atoms with E-state index in [1.165, 1.54) is 6.07 Å². The molecule has 5 nitrogen and oxygen atoms in total. The van der Waals surface area contributed by atoms with E-state index >= 15 is 0 Å². The van der Waals surface area contributed by atoms with Gasteiger partial charge in [0.1, 0.15) is 5.75 Å². The fourth-order valence-corrected chi connectivity index (χ4v) is 2.95. The van der Waals surface area contributed by atoms with Gasteiger partial charge in [-0.15, -0.1) is 5.10 Å². The van der Waals surface area contributed by atoms with Crippen molar-refractivity contribution in [2.45, 2.75) is 58.4 Å². The van der Waals surface area contributed by atoms with E-state index < -0.39 is 23.6 Å². The molecule has 0 amide bonds. The molecule has 1 aromatic carbocycles. The number of aryl methyl sites for hydroxylation is 1. The summed E-state index contributed by atoms with van der Waals surface area (Å²) >= 11 is 0. The average Bonchev–Trinajstić information content (AvgIpc) is 2.64. The van der Waals surface area contributed by atoms with Crippen LogP contribution < -0.4 is 0 Å². The summed E-state index contributed by atoms with van der Waals surface area (Å²) in [5, 5.41) is 28.5. The number of phenols is 1. The van der Waals surface area contributed by atoms with Crippen LogP contribution in [0.3, 0.4) is 0 Å². The maximum atomic E-state index is 12.8. The molecule has 2 rings (SSSR count). The van der Waals surface area contributed by atoms with Crippen LogP contribution in [0.1, 0.15) is 56.0 Å². The minimum Gasteiger partial charge on any atom is -0.507 e. The van der Waals surface area contributed by atoms with Crippen LogP contribution in [0.4, 0.5) is 13.2 Å². The molecule has 1 unspecified atom stereocenters. The number of alkyl halides is 3. The van der Waals surface area contributed by atoms with E-state index in [0.29, 0.717) is 29.8 Å².